The molecule has 0 aromatic heterocycles. The van der Waals surface area contributed by atoms with Gasteiger partial charge in [0.05, 0.1) is 0 Å². The van der Waals surface area contributed by atoms with E-state index in [-0.39, 0.29) is 0 Å². The SMILES string of the molecule is CNC1CCN([C@@H]2CCc3ccccc32)C1. The smallest absolute Gasteiger partial charge is 0.0354 e. The number of hydrogen-bond donors (Lipinski definition) is 1. The van der Waals surface area contributed by atoms with Crippen LogP contribution in [0.15, 0.2) is 24.3 Å². The van der Waals surface area contributed by atoms with Crippen LogP contribution in [-0.4, -0.2) is 31.1 Å². The molecular weight excluding hydrogens is 196 g/mol. The molecule has 0 radical (unpaired) electrons. The van der Waals surface area contributed by atoms with Crippen LogP contribution in [0.2, 0.25) is 0 Å². The van der Waals surface area contributed by atoms with Crippen LogP contribution in [0.3, 0.4) is 0 Å². The zero-order valence-electron chi connectivity index (χ0n) is 9.95. The molecule has 1 N–H and O–H groups in total. The summed E-state index contributed by atoms with van der Waals surface area (Å²) in [5, 5.41) is 3.40. The molecule has 3 rings (SSSR count). The van der Waals surface area contributed by atoms with Crippen molar-refractivity contribution in [2.45, 2.75) is 31.3 Å². The van der Waals surface area contributed by atoms with E-state index in [1.807, 2.05) is 0 Å². The van der Waals surface area contributed by atoms with Gasteiger partial charge in [-0.3, -0.25) is 4.90 Å². The quantitative estimate of drug-likeness (QED) is 0.813. The van der Waals surface area contributed by atoms with Crippen molar-refractivity contribution < 1.29 is 0 Å². The van der Waals surface area contributed by atoms with E-state index < -0.39 is 0 Å². The van der Waals surface area contributed by atoms with Crippen molar-refractivity contribution in [1.29, 1.82) is 0 Å². The zero-order chi connectivity index (χ0) is 11.0. The molecule has 2 heteroatoms. The molecule has 0 saturated carbocycles. The number of hydrogen-bond acceptors (Lipinski definition) is 2. The number of benzene rings is 1. The number of fused-ring (bicyclic) bond motifs is 1. The van der Waals surface area contributed by atoms with Crippen LogP contribution in [-0.2, 0) is 6.42 Å². The van der Waals surface area contributed by atoms with E-state index in [0.717, 1.165) is 0 Å². The molecule has 1 aromatic rings. The van der Waals surface area contributed by atoms with Gasteiger partial charge in [0.1, 0.15) is 0 Å². The van der Waals surface area contributed by atoms with E-state index in [4.69, 9.17) is 0 Å². The maximum absolute atomic E-state index is 3.40. The molecule has 1 saturated heterocycles. The van der Waals surface area contributed by atoms with E-state index in [9.17, 15) is 0 Å². The third-order valence-electron chi connectivity index (χ3n) is 4.17. The molecule has 0 spiro atoms. The Kier molecular flexibility index (Phi) is 2.70. The van der Waals surface area contributed by atoms with Crippen LogP contribution in [0, 0.1) is 0 Å². The van der Waals surface area contributed by atoms with E-state index in [1.165, 1.54) is 32.4 Å². The summed E-state index contributed by atoms with van der Waals surface area (Å²) < 4.78 is 0. The summed E-state index contributed by atoms with van der Waals surface area (Å²) in [6, 6.07) is 10.4. The fraction of sp³-hybridized carbons (Fsp3) is 0.571. The highest BCUT2D eigenvalue weighted by Gasteiger charge is 2.32. The second kappa shape index (κ2) is 4.19. The van der Waals surface area contributed by atoms with Gasteiger partial charge in [0.25, 0.3) is 0 Å². The minimum absolute atomic E-state index is 0.689. The van der Waals surface area contributed by atoms with E-state index >= 15 is 0 Å². The van der Waals surface area contributed by atoms with Crippen LogP contribution in [0.25, 0.3) is 0 Å². The first kappa shape index (κ1) is 10.3. The number of nitrogens with zero attached hydrogens (tertiary/aromatic N) is 1. The first-order valence-electron chi connectivity index (χ1n) is 6.37. The maximum Gasteiger partial charge on any atom is 0.0354 e. The van der Waals surface area contributed by atoms with Crippen molar-refractivity contribution in [2.24, 2.45) is 0 Å². The molecule has 1 aliphatic heterocycles. The Bertz CT molecular complexity index is 375. The van der Waals surface area contributed by atoms with Gasteiger partial charge in [-0.05, 0) is 37.4 Å². The Morgan fingerprint density at radius 3 is 2.94 bits per heavy atom. The third kappa shape index (κ3) is 1.66. The average Bonchev–Trinajstić information content (AvgIpc) is 2.94. The molecule has 2 atom stereocenters. The van der Waals surface area contributed by atoms with E-state index in [0.29, 0.717) is 12.1 Å². The number of likely N-dealkylation sites (N-methyl/N-ethyl adjacent to an activating group) is 1. The predicted molar refractivity (Wildman–Crippen MR) is 66.5 cm³/mol. The first-order valence-corrected chi connectivity index (χ1v) is 6.37. The Hall–Kier alpha value is -0.860. The van der Waals surface area contributed by atoms with Crippen LogP contribution in [0.4, 0.5) is 0 Å². The lowest BCUT2D eigenvalue weighted by Gasteiger charge is -2.24. The van der Waals surface area contributed by atoms with Gasteiger partial charge in [-0.25, -0.2) is 0 Å². The monoisotopic (exact) mass is 216 g/mol. The average molecular weight is 216 g/mol. The van der Waals surface area contributed by atoms with Crippen molar-refractivity contribution in [3.63, 3.8) is 0 Å². The predicted octanol–water partition coefficient (Wildman–Crippen LogP) is 1.97. The number of likely N-dealkylation sites (tertiary alicyclic amines) is 1. The fourth-order valence-corrected chi connectivity index (χ4v) is 3.22. The van der Waals surface area contributed by atoms with Crippen molar-refractivity contribution in [3.05, 3.63) is 35.4 Å². The summed E-state index contributed by atoms with van der Waals surface area (Å²) in [6.45, 7) is 2.47. The molecule has 1 aromatic carbocycles. The molecule has 0 amide bonds. The third-order valence-corrected chi connectivity index (χ3v) is 4.17. The largest absolute Gasteiger partial charge is 0.316 e. The maximum atomic E-state index is 3.40. The van der Waals surface area contributed by atoms with Crippen molar-refractivity contribution in [3.8, 4) is 0 Å². The van der Waals surface area contributed by atoms with Crippen molar-refractivity contribution in [1.82, 2.24) is 10.2 Å². The summed E-state index contributed by atoms with van der Waals surface area (Å²) in [5.74, 6) is 0. The Morgan fingerprint density at radius 2 is 2.12 bits per heavy atom. The Morgan fingerprint density at radius 1 is 1.25 bits per heavy atom. The molecular formula is C14H20N2. The summed E-state index contributed by atoms with van der Waals surface area (Å²) in [6.07, 6.45) is 3.88. The summed E-state index contributed by atoms with van der Waals surface area (Å²) in [4.78, 5) is 2.66. The Balaban J connectivity index is 1.78. The highest BCUT2D eigenvalue weighted by molar-refractivity contribution is 5.34. The van der Waals surface area contributed by atoms with Gasteiger partial charge in [0.15, 0.2) is 0 Å². The molecule has 1 heterocycles. The van der Waals surface area contributed by atoms with Gasteiger partial charge in [0, 0.05) is 25.2 Å². The topological polar surface area (TPSA) is 15.3 Å². The van der Waals surface area contributed by atoms with Crippen LogP contribution < -0.4 is 5.32 Å². The van der Waals surface area contributed by atoms with Gasteiger partial charge >= 0.3 is 0 Å². The highest BCUT2D eigenvalue weighted by atomic mass is 15.2. The molecule has 2 aliphatic rings. The van der Waals surface area contributed by atoms with Gasteiger partial charge in [-0.15, -0.1) is 0 Å². The lowest BCUT2D eigenvalue weighted by molar-refractivity contribution is 0.240. The van der Waals surface area contributed by atoms with E-state index in [2.05, 4.69) is 41.5 Å². The van der Waals surface area contributed by atoms with Gasteiger partial charge in [0.2, 0.25) is 0 Å². The molecule has 1 aliphatic carbocycles. The fourth-order valence-electron chi connectivity index (χ4n) is 3.22. The number of aryl methyl sites for hydroxylation is 1. The lowest BCUT2D eigenvalue weighted by atomic mass is 10.1. The zero-order valence-corrected chi connectivity index (χ0v) is 9.95. The normalized spacial score (nSPS) is 29.6. The minimum atomic E-state index is 0.689. The Labute approximate surface area is 97.6 Å². The summed E-state index contributed by atoms with van der Waals surface area (Å²) in [5.41, 5.74) is 3.15. The minimum Gasteiger partial charge on any atom is -0.316 e. The van der Waals surface area contributed by atoms with E-state index in [1.54, 1.807) is 11.1 Å². The second-order valence-electron chi connectivity index (χ2n) is 5.02. The van der Waals surface area contributed by atoms with Crippen molar-refractivity contribution in [2.75, 3.05) is 20.1 Å². The lowest BCUT2D eigenvalue weighted by Crippen LogP contribution is -2.31. The van der Waals surface area contributed by atoms with Crippen LogP contribution >= 0.6 is 0 Å². The van der Waals surface area contributed by atoms with Crippen LogP contribution in [0.1, 0.15) is 30.0 Å². The molecule has 1 unspecified atom stereocenters. The molecule has 1 fully saturated rings. The molecule has 2 nitrogen and oxygen atoms in total. The number of rotatable bonds is 2. The summed E-state index contributed by atoms with van der Waals surface area (Å²) in [7, 11) is 2.08. The van der Waals surface area contributed by atoms with Crippen molar-refractivity contribution >= 4 is 0 Å². The molecule has 16 heavy (non-hydrogen) atoms. The standard InChI is InChI=1S/C14H20N2/c1-15-12-8-9-16(10-12)14-7-6-11-4-2-3-5-13(11)14/h2-5,12,14-15H,6-10H2,1H3/t12?,14-/m1/s1. The summed E-state index contributed by atoms with van der Waals surface area (Å²) >= 11 is 0. The van der Waals surface area contributed by atoms with Gasteiger partial charge < -0.3 is 5.32 Å². The highest BCUT2D eigenvalue weighted by Crippen LogP contribution is 2.37. The molecule has 0 bridgehead atoms. The molecule has 86 valence electrons. The van der Waals surface area contributed by atoms with Gasteiger partial charge in [-0.1, -0.05) is 24.3 Å². The van der Waals surface area contributed by atoms with Crippen LogP contribution in [0.5, 0.6) is 0 Å². The first-order chi connectivity index (χ1) is 7.88. The second-order valence-corrected chi connectivity index (χ2v) is 5.02. The van der Waals surface area contributed by atoms with Gasteiger partial charge in [-0.2, -0.15) is 0 Å². The number of nitrogens with one attached hydrogen (secondary N) is 1.